The number of ketones is 1. The van der Waals surface area contributed by atoms with Gasteiger partial charge in [-0.3, -0.25) is 14.9 Å². The van der Waals surface area contributed by atoms with Crippen LogP contribution < -0.4 is 0 Å². The van der Waals surface area contributed by atoms with Crippen LogP contribution in [0, 0.1) is 10.1 Å². The number of halogens is 3. The molecule has 10 heteroatoms. The van der Waals surface area contributed by atoms with E-state index in [1.165, 1.54) is 24.3 Å². The van der Waals surface area contributed by atoms with Crippen LogP contribution in [0.4, 0.5) is 18.9 Å². The second-order valence-electron chi connectivity index (χ2n) is 5.48. The predicted molar refractivity (Wildman–Crippen MR) is 86.8 cm³/mol. The highest BCUT2D eigenvalue weighted by Gasteiger charge is 2.33. The summed E-state index contributed by atoms with van der Waals surface area (Å²) in [6.07, 6.45) is -2.49. The summed E-state index contributed by atoms with van der Waals surface area (Å²) in [6.45, 7) is 0. The van der Waals surface area contributed by atoms with Gasteiger partial charge in [-0.15, -0.1) is 0 Å². The molecule has 3 aromatic rings. The molecule has 1 N–H and O–H groups in total. The van der Waals surface area contributed by atoms with Crippen LogP contribution in [-0.4, -0.2) is 25.6 Å². The Balaban J connectivity index is 2.03. The minimum absolute atomic E-state index is 0.000955. The second-order valence-corrected chi connectivity index (χ2v) is 5.48. The number of nitrogens with zero attached hydrogens (tertiary/aromatic N) is 3. The molecule has 0 unspecified atom stereocenters. The third kappa shape index (κ3) is 3.50. The molecule has 0 spiro atoms. The van der Waals surface area contributed by atoms with Crippen LogP contribution in [-0.2, 0) is 6.18 Å². The first-order valence-corrected chi connectivity index (χ1v) is 7.42. The lowest BCUT2D eigenvalue weighted by molar-refractivity contribution is -0.384. The van der Waals surface area contributed by atoms with Crippen molar-refractivity contribution in [3.63, 3.8) is 0 Å². The lowest BCUT2D eigenvalue weighted by atomic mass is 10.1. The van der Waals surface area contributed by atoms with Gasteiger partial charge in [0.1, 0.15) is 11.4 Å². The normalized spacial score (nSPS) is 11.4. The Morgan fingerprint density at radius 1 is 1.19 bits per heavy atom. The molecule has 0 amide bonds. The summed E-state index contributed by atoms with van der Waals surface area (Å²) in [5.41, 5.74) is -2.21. The number of carbonyl (C=O) groups excluding carboxylic acids is 1. The number of alkyl halides is 3. The second kappa shape index (κ2) is 6.56. The average molecular weight is 377 g/mol. The number of hydrogen-bond acceptors (Lipinski definition) is 5. The molecule has 1 heterocycles. The summed E-state index contributed by atoms with van der Waals surface area (Å²) in [5, 5.41) is 24.8. The number of phenolic OH excluding ortho intramolecular Hbond substituents is 1. The first-order valence-electron chi connectivity index (χ1n) is 7.42. The van der Waals surface area contributed by atoms with Crippen LogP contribution in [0.3, 0.4) is 0 Å². The van der Waals surface area contributed by atoms with Crippen molar-refractivity contribution >= 4 is 11.5 Å². The summed E-state index contributed by atoms with van der Waals surface area (Å²) in [7, 11) is 0. The minimum atomic E-state index is -4.74. The number of hydrogen-bond donors (Lipinski definition) is 1. The van der Waals surface area contributed by atoms with Crippen molar-refractivity contribution in [3.05, 3.63) is 81.7 Å². The molecule has 0 radical (unpaired) electrons. The molecule has 138 valence electrons. The van der Waals surface area contributed by atoms with Crippen molar-refractivity contribution in [2.24, 2.45) is 0 Å². The first kappa shape index (κ1) is 18.1. The van der Waals surface area contributed by atoms with Crippen molar-refractivity contribution in [2.75, 3.05) is 0 Å². The van der Waals surface area contributed by atoms with Crippen LogP contribution in [0.15, 0.2) is 54.9 Å². The van der Waals surface area contributed by atoms with Crippen molar-refractivity contribution in [1.82, 2.24) is 9.78 Å². The molecule has 0 saturated heterocycles. The van der Waals surface area contributed by atoms with E-state index < -0.39 is 28.1 Å². The van der Waals surface area contributed by atoms with E-state index in [0.29, 0.717) is 12.1 Å². The van der Waals surface area contributed by atoms with E-state index in [0.717, 1.165) is 23.1 Å². The molecule has 0 fully saturated rings. The fourth-order valence-electron chi connectivity index (χ4n) is 2.43. The Kier molecular flexibility index (Phi) is 4.40. The fraction of sp³-hybridized carbons (Fsp3) is 0.0588. The molecular formula is C17H10F3N3O4. The summed E-state index contributed by atoms with van der Waals surface area (Å²) >= 11 is 0. The smallest absolute Gasteiger partial charge is 0.416 e. The van der Waals surface area contributed by atoms with Gasteiger partial charge in [0.15, 0.2) is 5.78 Å². The fourth-order valence-corrected chi connectivity index (χ4v) is 2.43. The number of nitro groups is 1. The van der Waals surface area contributed by atoms with Crippen LogP contribution in [0.1, 0.15) is 21.5 Å². The van der Waals surface area contributed by atoms with Gasteiger partial charge in [-0.2, -0.15) is 18.3 Å². The quantitative estimate of drug-likeness (QED) is 0.424. The molecule has 27 heavy (non-hydrogen) atoms. The zero-order valence-electron chi connectivity index (χ0n) is 13.3. The summed E-state index contributed by atoms with van der Waals surface area (Å²) in [5.74, 6) is -0.843. The SMILES string of the molecule is O=C(c1cnn(-c2ccc(C(F)(F)F)cc2[N+](=O)[O-])c1)c1ccccc1O. The molecule has 0 atom stereocenters. The van der Waals surface area contributed by atoms with Crippen LogP contribution in [0.2, 0.25) is 0 Å². The van der Waals surface area contributed by atoms with Crippen LogP contribution in [0.25, 0.3) is 5.69 Å². The lowest BCUT2D eigenvalue weighted by Gasteiger charge is -2.08. The number of phenols is 1. The highest BCUT2D eigenvalue weighted by Crippen LogP contribution is 2.34. The number of carbonyl (C=O) groups is 1. The number of benzene rings is 2. The minimum Gasteiger partial charge on any atom is -0.507 e. The van der Waals surface area contributed by atoms with Gasteiger partial charge in [-0.1, -0.05) is 12.1 Å². The van der Waals surface area contributed by atoms with E-state index in [1.54, 1.807) is 0 Å². The Morgan fingerprint density at radius 3 is 2.52 bits per heavy atom. The van der Waals surface area contributed by atoms with E-state index in [9.17, 15) is 33.2 Å². The van der Waals surface area contributed by atoms with Gasteiger partial charge in [0, 0.05) is 12.3 Å². The summed E-state index contributed by atoms with van der Waals surface area (Å²) < 4.78 is 39.3. The highest BCUT2D eigenvalue weighted by molar-refractivity contribution is 6.10. The van der Waals surface area contributed by atoms with Gasteiger partial charge in [0.2, 0.25) is 0 Å². The molecule has 3 rings (SSSR count). The van der Waals surface area contributed by atoms with Crippen LogP contribution >= 0.6 is 0 Å². The molecule has 2 aromatic carbocycles. The van der Waals surface area contributed by atoms with E-state index >= 15 is 0 Å². The molecule has 7 nitrogen and oxygen atoms in total. The largest absolute Gasteiger partial charge is 0.507 e. The van der Waals surface area contributed by atoms with Crippen molar-refractivity contribution in [3.8, 4) is 11.4 Å². The number of rotatable bonds is 4. The predicted octanol–water partition coefficient (Wildman–Crippen LogP) is 3.74. The van der Waals surface area contributed by atoms with E-state index in [1.807, 2.05) is 0 Å². The summed E-state index contributed by atoms with van der Waals surface area (Å²) in [6, 6.07) is 7.77. The standard InChI is InChI=1S/C17H10F3N3O4/c18-17(19,20)11-5-6-13(14(7-11)23(26)27)22-9-10(8-21-22)16(25)12-3-1-2-4-15(12)24/h1-9,24H. The topological polar surface area (TPSA) is 98.3 Å². The molecular weight excluding hydrogens is 367 g/mol. The molecule has 0 saturated carbocycles. The molecule has 1 aromatic heterocycles. The highest BCUT2D eigenvalue weighted by atomic mass is 19.4. The van der Waals surface area contributed by atoms with Gasteiger partial charge in [0.05, 0.1) is 27.8 Å². The number of aromatic hydroxyl groups is 1. The van der Waals surface area contributed by atoms with Gasteiger partial charge >= 0.3 is 6.18 Å². The maximum absolute atomic E-state index is 12.8. The number of nitro benzene ring substituents is 1. The number of aromatic nitrogens is 2. The maximum atomic E-state index is 12.8. The zero-order valence-corrected chi connectivity index (χ0v) is 13.3. The molecule has 0 aliphatic rings. The maximum Gasteiger partial charge on any atom is 0.416 e. The first-order chi connectivity index (χ1) is 12.7. The average Bonchev–Trinajstić information content (AvgIpc) is 3.10. The van der Waals surface area contributed by atoms with E-state index in [-0.39, 0.29) is 22.6 Å². The Bertz CT molecular complexity index is 1040. The van der Waals surface area contributed by atoms with Crippen molar-refractivity contribution in [2.45, 2.75) is 6.18 Å². The monoisotopic (exact) mass is 377 g/mol. The van der Waals surface area contributed by atoms with E-state index in [2.05, 4.69) is 5.10 Å². The Hall–Kier alpha value is -3.69. The lowest BCUT2D eigenvalue weighted by Crippen LogP contribution is -2.08. The molecule has 0 aliphatic carbocycles. The van der Waals surface area contributed by atoms with Gasteiger partial charge in [0.25, 0.3) is 5.69 Å². The third-order valence-electron chi connectivity index (χ3n) is 3.74. The third-order valence-corrected chi connectivity index (χ3v) is 3.74. The molecule has 0 bridgehead atoms. The zero-order chi connectivity index (χ0) is 19.8. The Labute approximate surface area is 149 Å². The van der Waals surface area contributed by atoms with Crippen molar-refractivity contribution < 1.29 is 28.0 Å². The molecule has 0 aliphatic heterocycles. The Morgan fingerprint density at radius 2 is 1.89 bits per heavy atom. The van der Waals surface area contributed by atoms with Gasteiger partial charge in [-0.25, -0.2) is 4.68 Å². The van der Waals surface area contributed by atoms with Crippen molar-refractivity contribution in [1.29, 1.82) is 0 Å². The van der Waals surface area contributed by atoms with Gasteiger partial charge < -0.3 is 5.11 Å². The van der Waals surface area contributed by atoms with Gasteiger partial charge in [-0.05, 0) is 24.3 Å². The van der Waals surface area contributed by atoms with E-state index in [4.69, 9.17) is 0 Å². The number of para-hydroxylation sites is 1. The van der Waals surface area contributed by atoms with Crippen LogP contribution in [0.5, 0.6) is 5.75 Å². The summed E-state index contributed by atoms with van der Waals surface area (Å²) in [4.78, 5) is 22.6.